The predicted octanol–water partition coefficient (Wildman–Crippen LogP) is 1.37. The maximum Gasteiger partial charge on any atom is 0.243 e. The molecular weight excluding hydrogens is 316 g/mol. The van der Waals surface area contributed by atoms with Crippen LogP contribution < -0.4 is 5.32 Å². The molecule has 1 atom stereocenters. The van der Waals surface area contributed by atoms with Gasteiger partial charge in [0.2, 0.25) is 15.9 Å². The van der Waals surface area contributed by atoms with Crippen LogP contribution in [0.3, 0.4) is 0 Å². The van der Waals surface area contributed by atoms with Crippen molar-refractivity contribution in [2.75, 3.05) is 26.3 Å². The highest BCUT2D eigenvalue weighted by atomic mass is 32.2. The molecule has 6 nitrogen and oxygen atoms in total. The van der Waals surface area contributed by atoms with Gasteiger partial charge in [-0.1, -0.05) is 26.0 Å². The van der Waals surface area contributed by atoms with Gasteiger partial charge in [-0.2, -0.15) is 4.31 Å². The van der Waals surface area contributed by atoms with Gasteiger partial charge in [0.15, 0.2) is 0 Å². The molecule has 1 aliphatic rings. The zero-order chi connectivity index (χ0) is 16.9. The van der Waals surface area contributed by atoms with Crippen molar-refractivity contribution >= 4 is 15.9 Å². The van der Waals surface area contributed by atoms with Crippen LogP contribution in [-0.2, 0) is 26.1 Å². The van der Waals surface area contributed by atoms with E-state index in [2.05, 4.69) is 5.32 Å². The highest BCUT2D eigenvalue weighted by Crippen LogP contribution is 2.17. The van der Waals surface area contributed by atoms with Crippen LogP contribution in [0.4, 0.5) is 0 Å². The van der Waals surface area contributed by atoms with Gasteiger partial charge in [0.25, 0.3) is 0 Å². The number of carbonyl (C=O) groups excluding carboxylic acids is 1. The smallest absolute Gasteiger partial charge is 0.243 e. The summed E-state index contributed by atoms with van der Waals surface area (Å²) in [6, 6.07) is 6.67. The first-order valence-electron chi connectivity index (χ1n) is 7.89. The van der Waals surface area contributed by atoms with E-state index in [9.17, 15) is 13.2 Å². The van der Waals surface area contributed by atoms with Gasteiger partial charge in [-0.15, -0.1) is 0 Å². The molecule has 1 saturated heterocycles. The van der Waals surface area contributed by atoms with Crippen molar-refractivity contribution in [1.82, 2.24) is 9.62 Å². The Hall–Kier alpha value is -1.44. The summed E-state index contributed by atoms with van der Waals surface area (Å²) >= 11 is 0. The summed E-state index contributed by atoms with van der Waals surface area (Å²) in [6.45, 7) is 5.88. The van der Waals surface area contributed by atoms with E-state index in [1.165, 1.54) is 4.31 Å². The summed E-state index contributed by atoms with van der Waals surface area (Å²) in [5, 5.41) is 2.86. The summed E-state index contributed by atoms with van der Waals surface area (Å²) in [6.07, 6.45) is 0.794. The average molecular weight is 340 g/mol. The maximum atomic E-state index is 12.5. The van der Waals surface area contributed by atoms with E-state index < -0.39 is 10.0 Å². The third kappa shape index (κ3) is 4.53. The summed E-state index contributed by atoms with van der Waals surface area (Å²) in [4.78, 5) is 12.0. The number of nitrogens with one attached hydrogen (secondary N) is 1. The summed E-state index contributed by atoms with van der Waals surface area (Å²) in [5.41, 5.74) is 0.877. The van der Waals surface area contributed by atoms with Gasteiger partial charge in [0.05, 0.1) is 18.1 Å². The van der Waals surface area contributed by atoms with E-state index in [0.717, 1.165) is 12.0 Å². The van der Waals surface area contributed by atoms with Crippen LogP contribution in [0.25, 0.3) is 0 Å². The monoisotopic (exact) mass is 340 g/mol. The molecule has 1 aromatic carbocycles. The second-order valence-electron chi connectivity index (χ2n) is 5.69. The molecule has 0 saturated carbocycles. The number of nitrogens with zero attached hydrogens (tertiary/aromatic N) is 1. The second kappa shape index (κ2) is 7.90. The Bertz CT molecular complexity index is 622. The van der Waals surface area contributed by atoms with Crippen LogP contribution in [0.1, 0.15) is 25.8 Å². The molecule has 0 spiro atoms. The number of ether oxygens (including phenoxy) is 1. The molecule has 1 N–H and O–H groups in total. The highest BCUT2D eigenvalue weighted by molar-refractivity contribution is 7.89. The minimum atomic E-state index is -3.46. The van der Waals surface area contributed by atoms with Gasteiger partial charge in [0, 0.05) is 25.6 Å². The van der Waals surface area contributed by atoms with Gasteiger partial charge in [-0.25, -0.2) is 8.42 Å². The number of carbonyl (C=O) groups is 1. The molecule has 0 bridgehead atoms. The van der Waals surface area contributed by atoms with Gasteiger partial charge in [0.1, 0.15) is 0 Å². The van der Waals surface area contributed by atoms with E-state index in [-0.39, 0.29) is 16.7 Å². The van der Waals surface area contributed by atoms with Gasteiger partial charge in [-0.05, 0) is 24.1 Å². The van der Waals surface area contributed by atoms with Crippen molar-refractivity contribution in [3.8, 4) is 0 Å². The number of hydrogen-bond acceptors (Lipinski definition) is 4. The SMILES string of the molecule is CC[C@H](C)C(=O)NCc1ccc(S(=O)(=O)N2CCOCC2)cc1. The molecular formula is C16H24N2O4S. The normalized spacial score (nSPS) is 17.7. The number of hydrogen-bond donors (Lipinski definition) is 1. The molecule has 1 amide bonds. The Labute approximate surface area is 137 Å². The summed E-state index contributed by atoms with van der Waals surface area (Å²) in [7, 11) is -3.46. The Balaban J connectivity index is 2.00. The molecule has 128 valence electrons. The quantitative estimate of drug-likeness (QED) is 0.849. The first-order valence-corrected chi connectivity index (χ1v) is 9.33. The Kier molecular flexibility index (Phi) is 6.15. The number of sulfonamides is 1. The summed E-state index contributed by atoms with van der Waals surface area (Å²) in [5.74, 6) is -0.00603. The standard InChI is InChI=1S/C16H24N2O4S/c1-3-13(2)16(19)17-12-14-4-6-15(7-5-14)23(20,21)18-8-10-22-11-9-18/h4-7,13H,3,8-12H2,1-2H3,(H,17,19)/t13-/m0/s1. The zero-order valence-corrected chi connectivity index (χ0v) is 14.4. The minimum absolute atomic E-state index is 0.0116. The number of amides is 1. The minimum Gasteiger partial charge on any atom is -0.379 e. The van der Waals surface area contributed by atoms with Crippen LogP contribution in [0.5, 0.6) is 0 Å². The number of benzene rings is 1. The van der Waals surface area contributed by atoms with Crippen molar-refractivity contribution in [3.63, 3.8) is 0 Å². The lowest BCUT2D eigenvalue weighted by Crippen LogP contribution is -2.40. The van der Waals surface area contributed by atoms with Crippen molar-refractivity contribution in [2.24, 2.45) is 5.92 Å². The highest BCUT2D eigenvalue weighted by Gasteiger charge is 2.26. The fourth-order valence-corrected chi connectivity index (χ4v) is 3.67. The van der Waals surface area contributed by atoms with Crippen molar-refractivity contribution < 1.29 is 17.9 Å². The van der Waals surface area contributed by atoms with E-state index in [4.69, 9.17) is 4.74 Å². The Morgan fingerprint density at radius 2 is 1.87 bits per heavy atom. The third-order valence-corrected chi connectivity index (χ3v) is 5.97. The second-order valence-corrected chi connectivity index (χ2v) is 7.63. The third-order valence-electron chi connectivity index (χ3n) is 4.06. The number of morpholine rings is 1. The Morgan fingerprint density at radius 1 is 1.26 bits per heavy atom. The van der Waals surface area contributed by atoms with Crippen LogP contribution in [0.2, 0.25) is 0 Å². The van der Waals surface area contributed by atoms with Crippen LogP contribution in [0, 0.1) is 5.92 Å². The average Bonchev–Trinajstić information content (AvgIpc) is 2.60. The van der Waals surface area contributed by atoms with Crippen LogP contribution in [-0.4, -0.2) is 44.9 Å². The fraction of sp³-hybridized carbons (Fsp3) is 0.562. The lowest BCUT2D eigenvalue weighted by molar-refractivity contribution is -0.124. The first kappa shape index (κ1) is 17.9. The van der Waals surface area contributed by atoms with Crippen LogP contribution in [0.15, 0.2) is 29.2 Å². The molecule has 0 unspecified atom stereocenters. The molecule has 1 heterocycles. The largest absolute Gasteiger partial charge is 0.379 e. The van der Waals surface area contributed by atoms with Gasteiger partial charge in [-0.3, -0.25) is 4.79 Å². The molecule has 0 aliphatic carbocycles. The lowest BCUT2D eigenvalue weighted by Gasteiger charge is -2.26. The van der Waals surface area contributed by atoms with Gasteiger partial charge >= 0.3 is 0 Å². The van der Waals surface area contributed by atoms with E-state index in [0.29, 0.717) is 32.8 Å². The van der Waals surface area contributed by atoms with Gasteiger partial charge < -0.3 is 10.1 Å². The maximum absolute atomic E-state index is 12.5. The van der Waals surface area contributed by atoms with Crippen molar-refractivity contribution in [3.05, 3.63) is 29.8 Å². The van der Waals surface area contributed by atoms with Crippen molar-refractivity contribution in [1.29, 1.82) is 0 Å². The Morgan fingerprint density at radius 3 is 2.43 bits per heavy atom. The van der Waals surface area contributed by atoms with Crippen molar-refractivity contribution in [2.45, 2.75) is 31.7 Å². The topological polar surface area (TPSA) is 75.7 Å². The fourth-order valence-electron chi connectivity index (χ4n) is 2.26. The molecule has 2 rings (SSSR count). The number of rotatable bonds is 6. The molecule has 0 aromatic heterocycles. The van der Waals surface area contributed by atoms with E-state index in [1.807, 2.05) is 13.8 Å². The molecule has 23 heavy (non-hydrogen) atoms. The molecule has 1 aromatic rings. The molecule has 7 heteroatoms. The van der Waals surface area contributed by atoms with E-state index >= 15 is 0 Å². The van der Waals surface area contributed by atoms with E-state index in [1.54, 1.807) is 24.3 Å². The zero-order valence-electron chi connectivity index (χ0n) is 13.6. The molecule has 0 radical (unpaired) electrons. The molecule has 1 fully saturated rings. The summed E-state index contributed by atoms with van der Waals surface area (Å²) < 4.78 is 31.6. The molecule has 1 aliphatic heterocycles. The first-order chi connectivity index (χ1) is 10.9. The predicted molar refractivity (Wildman–Crippen MR) is 87.3 cm³/mol. The lowest BCUT2D eigenvalue weighted by atomic mass is 10.1. The van der Waals surface area contributed by atoms with Crippen LogP contribution >= 0.6 is 0 Å².